The van der Waals surface area contributed by atoms with Crippen molar-refractivity contribution in [2.45, 2.75) is 38.1 Å². The fourth-order valence-electron chi connectivity index (χ4n) is 3.11. The molecule has 1 amide bonds. The third kappa shape index (κ3) is 3.83. The number of methoxy groups -OCH3 is 1. The van der Waals surface area contributed by atoms with Crippen molar-refractivity contribution in [3.63, 3.8) is 0 Å². The summed E-state index contributed by atoms with van der Waals surface area (Å²) in [6, 6.07) is 5.41. The normalized spacial score (nSPS) is 15.1. The van der Waals surface area contributed by atoms with Crippen molar-refractivity contribution < 1.29 is 9.53 Å². The summed E-state index contributed by atoms with van der Waals surface area (Å²) in [7, 11) is 1.57. The van der Waals surface area contributed by atoms with E-state index >= 15 is 0 Å². The fourth-order valence-corrected chi connectivity index (χ4v) is 4.53. The Morgan fingerprint density at radius 3 is 2.80 bits per heavy atom. The van der Waals surface area contributed by atoms with Gasteiger partial charge in [-0.25, -0.2) is 0 Å². The summed E-state index contributed by atoms with van der Waals surface area (Å²) in [6.45, 7) is 0. The number of ether oxygens (including phenoxy) is 1. The monoisotopic (exact) mass is 397 g/mol. The lowest BCUT2D eigenvalue weighted by molar-refractivity contribution is 0.0932. The van der Waals surface area contributed by atoms with Gasteiger partial charge in [-0.3, -0.25) is 9.36 Å². The number of carbonyl (C=O) groups excluding carboxylic acids is 1. The smallest absolute Gasteiger partial charge is 0.265 e. The maximum absolute atomic E-state index is 12.7. The molecule has 1 fully saturated rings. The molecule has 1 heterocycles. The van der Waals surface area contributed by atoms with Crippen LogP contribution in [0.25, 0.3) is 5.69 Å². The molecule has 3 rings (SSSR count). The lowest BCUT2D eigenvalue weighted by Crippen LogP contribution is -2.36. The summed E-state index contributed by atoms with van der Waals surface area (Å²) in [6.07, 6.45) is 5.56. The number of carbonyl (C=O) groups is 1. The Balaban J connectivity index is 1.95. The van der Waals surface area contributed by atoms with Crippen LogP contribution in [0.4, 0.5) is 5.82 Å². The van der Waals surface area contributed by atoms with E-state index in [9.17, 15) is 4.79 Å². The maximum atomic E-state index is 12.7. The Bertz CT molecular complexity index is 841. The number of halogens is 1. The first-order chi connectivity index (χ1) is 12.0. The Labute approximate surface area is 160 Å². The number of anilines is 1. The van der Waals surface area contributed by atoms with Crippen LogP contribution < -0.4 is 15.8 Å². The van der Waals surface area contributed by atoms with Crippen LogP contribution in [0.3, 0.4) is 0 Å². The summed E-state index contributed by atoms with van der Waals surface area (Å²) in [4.78, 5) is 13.1. The van der Waals surface area contributed by atoms with Crippen molar-refractivity contribution in [3.05, 3.63) is 32.1 Å². The van der Waals surface area contributed by atoms with E-state index < -0.39 is 0 Å². The van der Waals surface area contributed by atoms with Crippen LogP contribution in [0.5, 0.6) is 5.75 Å². The first kappa shape index (κ1) is 18.2. The Kier molecular flexibility index (Phi) is 5.66. The standard InChI is InChI=1S/C17H20ClN3O2S2/c1-23-13-8-7-10(18)9-12(13)21-15(19)14(25-17(21)24)16(22)20-11-5-3-2-4-6-11/h7-9,11H,2-6,19H2,1H3,(H,20,22). The summed E-state index contributed by atoms with van der Waals surface area (Å²) >= 11 is 12.7. The Morgan fingerprint density at radius 2 is 2.12 bits per heavy atom. The average Bonchev–Trinajstić information content (AvgIpc) is 2.90. The van der Waals surface area contributed by atoms with Crippen LogP contribution in [0.15, 0.2) is 18.2 Å². The molecule has 0 radical (unpaired) electrons. The number of nitrogen functional groups attached to an aromatic ring is 1. The highest BCUT2D eigenvalue weighted by atomic mass is 35.5. The molecular weight excluding hydrogens is 378 g/mol. The minimum Gasteiger partial charge on any atom is -0.495 e. The predicted octanol–water partition coefficient (Wildman–Crippen LogP) is 4.57. The molecule has 0 spiro atoms. The number of aromatic nitrogens is 1. The fraction of sp³-hybridized carbons (Fsp3) is 0.412. The zero-order valence-corrected chi connectivity index (χ0v) is 16.3. The number of nitrogens with two attached hydrogens (primary N) is 1. The van der Waals surface area contributed by atoms with Gasteiger partial charge in [0.15, 0.2) is 3.95 Å². The third-order valence-corrected chi connectivity index (χ3v) is 6.00. The first-order valence-electron chi connectivity index (χ1n) is 8.17. The number of hydrogen-bond acceptors (Lipinski definition) is 5. The van der Waals surface area contributed by atoms with Crippen LogP contribution in [0.1, 0.15) is 41.8 Å². The minimum atomic E-state index is -0.166. The minimum absolute atomic E-state index is 0.166. The molecule has 5 nitrogen and oxygen atoms in total. The van der Waals surface area contributed by atoms with Crippen molar-refractivity contribution >= 4 is 46.9 Å². The van der Waals surface area contributed by atoms with Crippen molar-refractivity contribution in [2.24, 2.45) is 0 Å². The van der Waals surface area contributed by atoms with Gasteiger partial charge in [-0.2, -0.15) is 0 Å². The van der Waals surface area contributed by atoms with Gasteiger partial charge >= 0.3 is 0 Å². The second-order valence-corrected chi connectivity index (χ2v) is 8.12. The maximum Gasteiger partial charge on any atom is 0.265 e. The highest BCUT2D eigenvalue weighted by molar-refractivity contribution is 7.73. The lowest BCUT2D eigenvalue weighted by atomic mass is 9.95. The summed E-state index contributed by atoms with van der Waals surface area (Å²) in [5, 5.41) is 3.62. The molecule has 0 saturated heterocycles. The van der Waals surface area contributed by atoms with E-state index in [1.165, 1.54) is 17.8 Å². The third-order valence-electron chi connectivity index (χ3n) is 4.37. The molecule has 25 heavy (non-hydrogen) atoms. The molecule has 3 N–H and O–H groups in total. The molecule has 1 aromatic heterocycles. The number of benzene rings is 1. The average molecular weight is 398 g/mol. The highest BCUT2D eigenvalue weighted by Crippen LogP contribution is 2.33. The van der Waals surface area contributed by atoms with Crippen LogP contribution >= 0.6 is 35.2 Å². The number of nitrogens with one attached hydrogen (secondary N) is 1. The molecule has 0 bridgehead atoms. The topological polar surface area (TPSA) is 69.3 Å². The number of amides is 1. The van der Waals surface area contributed by atoms with Gasteiger partial charge in [0.05, 0.1) is 12.8 Å². The molecule has 134 valence electrons. The number of rotatable bonds is 4. The van der Waals surface area contributed by atoms with Gasteiger partial charge in [0.1, 0.15) is 16.4 Å². The predicted molar refractivity (Wildman–Crippen MR) is 105 cm³/mol. The zero-order valence-electron chi connectivity index (χ0n) is 13.9. The zero-order chi connectivity index (χ0) is 18.0. The van der Waals surface area contributed by atoms with Crippen LogP contribution in [0, 0.1) is 3.95 Å². The Morgan fingerprint density at radius 1 is 1.40 bits per heavy atom. The summed E-state index contributed by atoms with van der Waals surface area (Å²) in [5.74, 6) is 0.730. The molecule has 0 unspecified atom stereocenters. The highest BCUT2D eigenvalue weighted by Gasteiger charge is 2.23. The van der Waals surface area contributed by atoms with Gasteiger partial charge in [0.2, 0.25) is 0 Å². The quantitative estimate of drug-likeness (QED) is 0.741. The molecule has 0 atom stereocenters. The van der Waals surface area contributed by atoms with Gasteiger partial charge in [-0.15, -0.1) is 0 Å². The van der Waals surface area contributed by atoms with E-state index in [2.05, 4.69) is 5.32 Å². The molecule has 1 aliphatic rings. The van der Waals surface area contributed by atoms with Crippen molar-refractivity contribution in [1.82, 2.24) is 9.88 Å². The van der Waals surface area contributed by atoms with Gasteiger partial charge in [-0.1, -0.05) is 42.2 Å². The second kappa shape index (κ2) is 7.76. The molecule has 1 aromatic carbocycles. The Hall–Kier alpha value is -1.57. The van der Waals surface area contributed by atoms with E-state index in [0.717, 1.165) is 25.7 Å². The van der Waals surface area contributed by atoms with Gasteiger partial charge in [-0.05, 0) is 43.3 Å². The van der Waals surface area contributed by atoms with Crippen molar-refractivity contribution in [1.29, 1.82) is 0 Å². The van der Waals surface area contributed by atoms with Gasteiger partial charge in [0.25, 0.3) is 5.91 Å². The number of hydrogen-bond donors (Lipinski definition) is 2. The van der Waals surface area contributed by atoms with Crippen LogP contribution in [-0.4, -0.2) is 23.6 Å². The van der Waals surface area contributed by atoms with Crippen LogP contribution in [0.2, 0.25) is 5.02 Å². The summed E-state index contributed by atoms with van der Waals surface area (Å²) < 4.78 is 7.50. The van der Waals surface area contributed by atoms with Crippen molar-refractivity contribution in [2.75, 3.05) is 12.8 Å². The molecule has 1 aliphatic carbocycles. The first-order valence-corrected chi connectivity index (χ1v) is 9.77. The number of nitrogens with zero attached hydrogens (tertiary/aromatic N) is 1. The largest absolute Gasteiger partial charge is 0.495 e. The van der Waals surface area contributed by atoms with E-state index in [1.54, 1.807) is 29.9 Å². The lowest BCUT2D eigenvalue weighted by Gasteiger charge is -2.22. The van der Waals surface area contributed by atoms with E-state index in [-0.39, 0.29) is 11.9 Å². The van der Waals surface area contributed by atoms with Crippen LogP contribution in [-0.2, 0) is 0 Å². The van der Waals surface area contributed by atoms with E-state index in [4.69, 9.17) is 34.3 Å². The molecule has 1 saturated carbocycles. The number of thiazole rings is 1. The molecule has 0 aliphatic heterocycles. The molecule has 8 heteroatoms. The molecule has 2 aromatic rings. The summed E-state index contributed by atoms with van der Waals surface area (Å²) in [5.41, 5.74) is 6.89. The van der Waals surface area contributed by atoms with Gasteiger partial charge in [0, 0.05) is 11.1 Å². The van der Waals surface area contributed by atoms with Gasteiger partial charge < -0.3 is 15.8 Å². The molecular formula is C17H20ClN3O2S2. The van der Waals surface area contributed by atoms with E-state index in [1.807, 2.05) is 0 Å². The van der Waals surface area contributed by atoms with Crippen molar-refractivity contribution in [3.8, 4) is 11.4 Å². The SMILES string of the molecule is COc1ccc(Cl)cc1-n1c(N)c(C(=O)NC2CCCCC2)sc1=S. The second-order valence-electron chi connectivity index (χ2n) is 6.04. The van der Waals surface area contributed by atoms with E-state index in [0.29, 0.717) is 31.1 Å².